The van der Waals surface area contributed by atoms with Crippen molar-refractivity contribution in [3.8, 4) is 0 Å². The third-order valence-corrected chi connectivity index (χ3v) is 5.82. The summed E-state index contributed by atoms with van der Waals surface area (Å²) in [4.78, 5) is 35.2. The quantitative estimate of drug-likeness (QED) is 0.641. The minimum atomic E-state index is -4.64. The molecule has 1 aromatic heterocycles. The number of halogens is 4. The van der Waals surface area contributed by atoms with Crippen molar-refractivity contribution in [3.05, 3.63) is 22.8 Å². The van der Waals surface area contributed by atoms with E-state index in [2.05, 4.69) is 9.97 Å². The predicted molar refractivity (Wildman–Crippen MR) is 109 cm³/mol. The Labute approximate surface area is 189 Å². The summed E-state index contributed by atoms with van der Waals surface area (Å²) in [6, 6.07) is -0.871. The first-order chi connectivity index (χ1) is 15.2. The highest BCUT2D eigenvalue weighted by atomic mass is 19.4. The molecule has 3 heterocycles. The number of likely N-dealkylation sites (tertiary alicyclic amines) is 1. The van der Waals surface area contributed by atoms with E-state index in [1.807, 2.05) is 0 Å². The van der Waals surface area contributed by atoms with Crippen molar-refractivity contribution in [1.82, 2.24) is 19.8 Å². The molecule has 0 aromatic carbocycles. The summed E-state index contributed by atoms with van der Waals surface area (Å²) in [7, 11) is 0. The Bertz CT molecular complexity index is 918. The number of hydrogen-bond donors (Lipinski definition) is 2. The fraction of sp³-hybridized carbons (Fsp3) is 0.714. The molecule has 1 saturated heterocycles. The highest BCUT2D eigenvalue weighted by molar-refractivity contribution is 5.78. The topological polar surface area (TPSA) is 113 Å². The number of hydrogen-bond acceptors (Lipinski definition) is 6. The van der Waals surface area contributed by atoms with Crippen LogP contribution in [0.1, 0.15) is 62.8 Å². The van der Waals surface area contributed by atoms with Crippen LogP contribution in [0.5, 0.6) is 0 Å². The van der Waals surface area contributed by atoms with Crippen LogP contribution in [0, 0.1) is 0 Å². The molecule has 0 aliphatic carbocycles. The molecule has 2 amide bonds. The van der Waals surface area contributed by atoms with E-state index in [1.165, 1.54) is 4.90 Å². The highest BCUT2D eigenvalue weighted by Crippen LogP contribution is 2.35. The molecule has 33 heavy (non-hydrogen) atoms. The number of aliphatic hydroxyl groups is 1. The lowest BCUT2D eigenvalue weighted by Gasteiger charge is -2.36. The zero-order valence-electron chi connectivity index (χ0n) is 18.8. The van der Waals surface area contributed by atoms with E-state index in [9.17, 15) is 32.3 Å². The normalized spacial score (nSPS) is 22.9. The third kappa shape index (κ3) is 5.60. The van der Waals surface area contributed by atoms with Gasteiger partial charge in [0.15, 0.2) is 11.9 Å². The number of fused-ring (bicyclic) bond motifs is 1. The number of carbonyl (C=O) groups excluding carboxylic acids is 2. The lowest BCUT2D eigenvalue weighted by Crippen LogP contribution is -2.54. The number of aliphatic hydroxyl groups excluding tert-OH is 1. The average Bonchev–Trinajstić information content (AvgIpc) is 2.71. The fourth-order valence-corrected chi connectivity index (χ4v) is 3.99. The lowest BCUT2D eigenvalue weighted by molar-refractivity contribution is -0.155. The maximum absolute atomic E-state index is 13.7. The van der Waals surface area contributed by atoms with Gasteiger partial charge in [0.25, 0.3) is 0 Å². The number of piperidine rings is 1. The SMILES string of the molecule is CC(C)(C)c1nc2c(c(C(F)(F)F)n1)CCN(C(=O)C[C@@H](N)CN1C(=O)CCC(F)C1O)C2. The zero-order chi connectivity index (χ0) is 24.7. The minimum Gasteiger partial charge on any atom is -0.370 e. The van der Waals surface area contributed by atoms with E-state index in [0.717, 1.165) is 4.90 Å². The van der Waals surface area contributed by atoms with Gasteiger partial charge in [-0.05, 0) is 12.8 Å². The standard InChI is InChI=1S/C21H29F4N5O3/c1-20(2,3)19-27-14-10-29(7-6-12(14)17(28-19)21(23,24)25)16(32)8-11(26)9-30-15(31)5-4-13(22)18(30)33/h11,13,18,33H,4-10,26H2,1-3H3/t11-,13?,18?/m1/s1. The van der Waals surface area contributed by atoms with Crippen molar-refractivity contribution in [2.75, 3.05) is 13.1 Å². The van der Waals surface area contributed by atoms with E-state index in [4.69, 9.17) is 5.73 Å². The first-order valence-electron chi connectivity index (χ1n) is 10.8. The molecular formula is C21H29F4N5O3. The molecule has 0 spiro atoms. The highest BCUT2D eigenvalue weighted by Gasteiger charge is 2.40. The largest absolute Gasteiger partial charge is 0.433 e. The van der Waals surface area contributed by atoms with Gasteiger partial charge in [0.1, 0.15) is 12.0 Å². The molecule has 8 nitrogen and oxygen atoms in total. The summed E-state index contributed by atoms with van der Waals surface area (Å²) < 4.78 is 54.6. The minimum absolute atomic E-state index is 0.0140. The average molecular weight is 475 g/mol. The van der Waals surface area contributed by atoms with Crippen LogP contribution in [-0.2, 0) is 34.1 Å². The van der Waals surface area contributed by atoms with Crippen molar-refractivity contribution in [3.63, 3.8) is 0 Å². The molecule has 2 aliphatic heterocycles. The van der Waals surface area contributed by atoms with E-state index >= 15 is 0 Å². The van der Waals surface area contributed by atoms with Crippen LogP contribution in [0.4, 0.5) is 17.6 Å². The third-order valence-electron chi connectivity index (χ3n) is 5.82. The van der Waals surface area contributed by atoms with Crippen LogP contribution in [-0.4, -0.2) is 68.2 Å². The van der Waals surface area contributed by atoms with Crippen molar-refractivity contribution in [1.29, 1.82) is 0 Å². The van der Waals surface area contributed by atoms with E-state index in [1.54, 1.807) is 20.8 Å². The summed E-state index contributed by atoms with van der Waals surface area (Å²) in [5, 5.41) is 9.91. The van der Waals surface area contributed by atoms with Gasteiger partial charge in [0.05, 0.1) is 12.2 Å². The van der Waals surface area contributed by atoms with Crippen molar-refractivity contribution < 1.29 is 32.3 Å². The Morgan fingerprint density at radius 1 is 1.24 bits per heavy atom. The van der Waals surface area contributed by atoms with Gasteiger partial charge in [0.2, 0.25) is 11.8 Å². The fourth-order valence-electron chi connectivity index (χ4n) is 3.99. The van der Waals surface area contributed by atoms with Gasteiger partial charge < -0.3 is 20.6 Å². The molecule has 184 valence electrons. The van der Waals surface area contributed by atoms with E-state index in [0.29, 0.717) is 0 Å². The van der Waals surface area contributed by atoms with Gasteiger partial charge in [-0.3, -0.25) is 9.59 Å². The molecule has 0 radical (unpaired) electrons. The summed E-state index contributed by atoms with van der Waals surface area (Å²) in [5.41, 5.74) is 4.43. The van der Waals surface area contributed by atoms with E-state index in [-0.39, 0.29) is 62.4 Å². The summed E-state index contributed by atoms with van der Waals surface area (Å²) in [6.45, 7) is 4.84. The van der Waals surface area contributed by atoms with Gasteiger partial charge in [0, 0.05) is 43.0 Å². The van der Waals surface area contributed by atoms with Gasteiger partial charge in [-0.1, -0.05) is 20.8 Å². The number of nitrogens with zero attached hydrogens (tertiary/aromatic N) is 4. The predicted octanol–water partition coefficient (Wildman–Crippen LogP) is 1.67. The number of carbonyl (C=O) groups is 2. The van der Waals surface area contributed by atoms with Gasteiger partial charge >= 0.3 is 6.18 Å². The molecule has 3 rings (SSSR count). The Morgan fingerprint density at radius 3 is 2.52 bits per heavy atom. The van der Waals surface area contributed by atoms with Gasteiger partial charge in [-0.2, -0.15) is 13.2 Å². The van der Waals surface area contributed by atoms with Crippen LogP contribution in [0.15, 0.2) is 0 Å². The second kappa shape index (κ2) is 9.13. The van der Waals surface area contributed by atoms with E-state index < -0.39 is 47.5 Å². The first kappa shape index (κ1) is 25.3. The van der Waals surface area contributed by atoms with Crippen LogP contribution < -0.4 is 5.73 Å². The summed E-state index contributed by atoms with van der Waals surface area (Å²) >= 11 is 0. The van der Waals surface area contributed by atoms with Crippen LogP contribution >= 0.6 is 0 Å². The van der Waals surface area contributed by atoms with Crippen LogP contribution in [0.3, 0.4) is 0 Å². The molecule has 0 saturated carbocycles. The Hall–Kier alpha value is -2.34. The molecule has 3 atom stereocenters. The van der Waals surface area contributed by atoms with Gasteiger partial charge in [-0.25, -0.2) is 14.4 Å². The van der Waals surface area contributed by atoms with Crippen LogP contribution in [0.25, 0.3) is 0 Å². The van der Waals surface area contributed by atoms with Crippen molar-refractivity contribution in [2.45, 2.75) is 83.0 Å². The lowest BCUT2D eigenvalue weighted by atomic mass is 9.93. The molecule has 1 aromatic rings. The molecule has 2 aliphatic rings. The Kier molecular flexibility index (Phi) is 6.99. The number of nitrogens with two attached hydrogens (primary N) is 1. The zero-order valence-corrected chi connectivity index (χ0v) is 18.8. The molecule has 3 N–H and O–H groups in total. The summed E-state index contributed by atoms with van der Waals surface area (Å²) in [5.74, 6) is -0.830. The maximum Gasteiger partial charge on any atom is 0.433 e. The number of alkyl halides is 4. The molecule has 0 bridgehead atoms. The smallest absolute Gasteiger partial charge is 0.370 e. The monoisotopic (exact) mass is 475 g/mol. The number of aromatic nitrogens is 2. The molecule has 2 unspecified atom stereocenters. The Balaban J connectivity index is 1.73. The van der Waals surface area contributed by atoms with Crippen molar-refractivity contribution >= 4 is 11.8 Å². The van der Waals surface area contributed by atoms with Gasteiger partial charge in [-0.15, -0.1) is 0 Å². The number of rotatable bonds is 4. The van der Waals surface area contributed by atoms with Crippen molar-refractivity contribution in [2.24, 2.45) is 5.73 Å². The molecular weight excluding hydrogens is 446 g/mol. The number of amides is 2. The first-order valence-corrected chi connectivity index (χ1v) is 10.8. The van der Waals surface area contributed by atoms with Crippen LogP contribution in [0.2, 0.25) is 0 Å². The molecule has 1 fully saturated rings. The maximum atomic E-state index is 13.7. The second-order valence-corrected chi connectivity index (χ2v) is 9.61. The second-order valence-electron chi connectivity index (χ2n) is 9.61. The Morgan fingerprint density at radius 2 is 1.91 bits per heavy atom. The summed E-state index contributed by atoms with van der Waals surface area (Å²) in [6.07, 6.45) is -8.23. The molecule has 12 heteroatoms.